The third-order valence-electron chi connectivity index (χ3n) is 3.40. The molecule has 0 saturated heterocycles. The number of halogens is 3. The summed E-state index contributed by atoms with van der Waals surface area (Å²) in [6, 6.07) is 1.22. The fourth-order valence-electron chi connectivity index (χ4n) is 2.16. The maximum atomic E-state index is 13.3. The van der Waals surface area contributed by atoms with Crippen molar-refractivity contribution < 1.29 is 27.1 Å². The predicted octanol–water partition coefficient (Wildman–Crippen LogP) is 3.27. The molecule has 10 heteroatoms. The lowest BCUT2D eigenvalue weighted by atomic mass is 10.2. The Kier molecular flexibility index (Phi) is 5.05. The van der Waals surface area contributed by atoms with Gasteiger partial charge >= 0.3 is 11.3 Å². The van der Waals surface area contributed by atoms with Gasteiger partial charge in [-0.3, -0.25) is 0 Å². The van der Waals surface area contributed by atoms with Crippen LogP contribution < -0.4 is 10.6 Å². The lowest BCUT2D eigenvalue weighted by molar-refractivity contribution is 0.114. The third kappa shape index (κ3) is 3.62. The summed E-state index contributed by atoms with van der Waals surface area (Å²) >= 11 is 5.66. The summed E-state index contributed by atoms with van der Waals surface area (Å²) in [6.45, 7) is 0.178. The van der Waals surface area contributed by atoms with Crippen molar-refractivity contribution in [2.75, 3.05) is 5.32 Å². The molecule has 1 aliphatic rings. The molecule has 0 radical (unpaired) electrons. The normalized spacial score (nSPS) is 17.8. The van der Waals surface area contributed by atoms with Gasteiger partial charge in [0.15, 0.2) is 5.75 Å². The summed E-state index contributed by atoms with van der Waals surface area (Å²) in [5.74, 6) is -1.04. The number of phenols is 1. The maximum absolute atomic E-state index is 13.3. The van der Waals surface area contributed by atoms with Crippen LogP contribution >= 0.6 is 11.6 Å². The van der Waals surface area contributed by atoms with Crippen molar-refractivity contribution in [2.24, 2.45) is 0 Å². The molecule has 0 fully saturated rings. The van der Waals surface area contributed by atoms with Gasteiger partial charge in [-0.05, 0) is 25.0 Å². The van der Waals surface area contributed by atoms with E-state index in [1.165, 1.54) is 0 Å². The van der Waals surface area contributed by atoms with Crippen molar-refractivity contribution in [1.82, 2.24) is 5.32 Å². The van der Waals surface area contributed by atoms with Gasteiger partial charge < -0.3 is 15.7 Å². The minimum atomic E-state index is -5.22. The molecule has 1 unspecified atom stereocenters. The number of carbonyl (C=O) groups excluding carboxylic acids is 1. The number of benzene rings is 1. The first-order chi connectivity index (χ1) is 11.0. The van der Waals surface area contributed by atoms with Crippen molar-refractivity contribution in [3.05, 3.63) is 29.3 Å². The summed E-state index contributed by atoms with van der Waals surface area (Å²) < 4.78 is 50.5. The number of aromatic hydroxyl groups is 1. The third-order valence-corrected chi connectivity index (χ3v) is 5.72. The molecular weight excluding hydrogens is 366 g/mol. The van der Waals surface area contributed by atoms with Gasteiger partial charge in [-0.25, -0.2) is 13.2 Å². The number of anilines is 1. The molecule has 2 amide bonds. The topological polar surface area (TPSA) is 95.5 Å². The van der Waals surface area contributed by atoms with E-state index < -0.39 is 36.8 Å². The minimum Gasteiger partial charge on any atom is -0.504 e. The van der Waals surface area contributed by atoms with Crippen LogP contribution in [0.5, 0.6) is 5.75 Å². The maximum Gasteiger partial charge on any atom is 0.347 e. The van der Waals surface area contributed by atoms with Gasteiger partial charge in [0.05, 0.1) is 10.7 Å². The van der Waals surface area contributed by atoms with Crippen molar-refractivity contribution in [3.8, 4) is 5.75 Å². The van der Waals surface area contributed by atoms with Crippen molar-refractivity contribution >= 4 is 33.2 Å². The summed E-state index contributed by atoms with van der Waals surface area (Å²) in [5, 5.41) is 10.1. The highest BCUT2D eigenvalue weighted by Crippen LogP contribution is 2.42. The molecule has 3 N–H and O–H groups in total. The second-order valence-electron chi connectivity index (χ2n) is 5.29. The number of hydrogen-bond acceptors (Lipinski definition) is 4. The first kappa shape index (κ1) is 18.5. The smallest absolute Gasteiger partial charge is 0.347 e. The SMILES string of the molecule is CC(F)(F)S(=O)(=O)c1c(Cl)ccc(NC(=O)NC2C=CCC2)c1O. The van der Waals surface area contributed by atoms with Crippen LogP contribution in [0.3, 0.4) is 0 Å². The Labute approximate surface area is 142 Å². The molecule has 24 heavy (non-hydrogen) atoms. The van der Waals surface area contributed by atoms with E-state index in [-0.39, 0.29) is 18.7 Å². The Morgan fingerprint density at radius 3 is 2.62 bits per heavy atom. The molecule has 0 heterocycles. The fraction of sp³-hybridized carbons (Fsp3) is 0.357. The van der Waals surface area contributed by atoms with Crippen molar-refractivity contribution in [2.45, 2.75) is 36.0 Å². The minimum absolute atomic E-state index is 0.178. The summed E-state index contributed by atoms with van der Waals surface area (Å²) in [6.07, 6.45) is 5.19. The number of allylic oxidation sites excluding steroid dienone is 1. The Morgan fingerprint density at radius 1 is 1.42 bits per heavy atom. The van der Waals surface area contributed by atoms with Gasteiger partial charge in [0.1, 0.15) is 4.90 Å². The largest absolute Gasteiger partial charge is 0.504 e. The Hall–Kier alpha value is -1.87. The number of alkyl halides is 2. The van der Waals surface area contributed by atoms with Crippen molar-refractivity contribution in [3.63, 3.8) is 0 Å². The average molecular weight is 381 g/mol. The highest BCUT2D eigenvalue weighted by Gasteiger charge is 2.44. The molecular formula is C14H15ClF2N2O4S. The summed E-state index contributed by atoms with van der Waals surface area (Å²) in [4.78, 5) is 10.7. The number of hydrogen-bond donors (Lipinski definition) is 3. The summed E-state index contributed by atoms with van der Waals surface area (Å²) in [5.41, 5.74) is -0.346. The molecule has 0 bridgehead atoms. The zero-order chi connectivity index (χ0) is 18.1. The first-order valence-corrected chi connectivity index (χ1v) is 8.78. The highest BCUT2D eigenvalue weighted by atomic mass is 35.5. The lowest BCUT2D eigenvalue weighted by Crippen LogP contribution is -2.35. The number of nitrogens with one attached hydrogen (secondary N) is 2. The quantitative estimate of drug-likeness (QED) is 0.551. The molecule has 1 aliphatic carbocycles. The van der Waals surface area contributed by atoms with E-state index in [9.17, 15) is 27.1 Å². The van der Waals surface area contributed by atoms with E-state index in [1.54, 1.807) is 6.08 Å². The molecule has 0 spiro atoms. The number of urea groups is 1. The Balaban J connectivity index is 2.32. The van der Waals surface area contributed by atoms with Crippen LogP contribution in [0.1, 0.15) is 19.8 Å². The van der Waals surface area contributed by atoms with Gasteiger partial charge in [-0.15, -0.1) is 0 Å². The second-order valence-corrected chi connectivity index (χ2v) is 7.83. The molecule has 6 nitrogen and oxygen atoms in total. The molecule has 0 aliphatic heterocycles. The van der Waals surface area contributed by atoms with E-state index in [0.29, 0.717) is 6.42 Å². The van der Waals surface area contributed by atoms with Crippen LogP contribution in [0.4, 0.5) is 19.3 Å². The van der Waals surface area contributed by atoms with Crippen LogP contribution in [0, 0.1) is 0 Å². The second kappa shape index (κ2) is 6.56. The molecule has 0 saturated carbocycles. The molecule has 1 aromatic carbocycles. The molecule has 132 valence electrons. The van der Waals surface area contributed by atoms with Crippen LogP contribution in [0.15, 0.2) is 29.2 Å². The molecule has 1 atom stereocenters. The number of rotatable bonds is 4. The zero-order valence-electron chi connectivity index (χ0n) is 12.5. The van der Waals surface area contributed by atoms with Gasteiger partial charge in [0, 0.05) is 13.0 Å². The van der Waals surface area contributed by atoms with E-state index in [2.05, 4.69) is 10.6 Å². The number of sulfone groups is 1. The van der Waals surface area contributed by atoms with Crippen LogP contribution in [-0.4, -0.2) is 30.9 Å². The van der Waals surface area contributed by atoms with E-state index in [1.807, 2.05) is 6.08 Å². The predicted molar refractivity (Wildman–Crippen MR) is 85.2 cm³/mol. The van der Waals surface area contributed by atoms with Gasteiger partial charge in [0.2, 0.25) is 9.84 Å². The number of carbonyl (C=O) groups is 1. The number of amides is 2. The van der Waals surface area contributed by atoms with Crippen LogP contribution in [0.25, 0.3) is 0 Å². The van der Waals surface area contributed by atoms with Crippen LogP contribution in [0.2, 0.25) is 5.02 Å². The fourth-order valence-corrected chi connectivity index (χ4v) is 3.67. The van der Waals surface area contributed by atoms with Gasteiger partial charge in [0.25, 0.3) is 0 Å². The summed E-state index contributed by atoms with van der Waals surface area (Å²) in [7, 11) is -5.22. The van der Waals surface area contributed by atoms with Crippen molar-refractivity contribution in [1.29, 1.82) is 0 Å². The molecule has 2 rings (SSSR count). The van der Waals surface area contributed by atoms with Gasteiger partial charge in [-0.2, -0.15) is 8.78 Å². The molecule has 1 aromatic rings. The standard InChI is InChI=1S/C14H15ClF2N2O4S/c1-14(16,17)24(22,23)12-9(15)6-7-10(11(12)20)19-13(21)18-8-4-2-3-5-8/h2,4,6-8,20H,3,5H2,1H3,(H2,18,19,21). The molecule has 0 aromatic heterocycles. The first-order valence-electron chi connectivity index (χ1n) is 6.92. The van der Waals surface area contributed by atoms with Crippen LogP contribution in [-0.2, 0) is 9.84 Å². The van der Waals surface area contributed by atoms with Gasteiger partial charge in [-0.1, -0.05) is 23.8 Å². The Bertz CT molecular complexity index is 791. The average Bonchev–Trinajstić information content (AvgIpc) is 2.93. The zero-order valence-corrected chi connectivity index (χ0v) is 14.1. The highest BCUT2D eigenvalue weighted by molar-refractivity contribution is 7.92. The number of phenolic OH excluding ortho intramolecular Hbond substituents is 1. The van der Waals surface area contributed by atoms with E-state index in [0.717, 1.165) is 18.6 Å². The lowest BCUT2D eigenvalue weighted by Gasteiger charge is -2.17. The van der Waals surface area contributed by atoms with E-state index in [4.69, 9.17) is 11.6 Å². The Morgan fingerprint density at radius 2 is 2.08 bits per heavy atom. The monoisotopic (exact) mass is 380 g/mol. The van der Waals surface area contributed by atoms with E-state index >= 15 is 0 Å².